The average molecular weight is 488 g/mol. The van der Waals surface area contributed by atoms with Crippen LogP contribution in [0.1, 0.15) is 18.5 Å². The molecule has 2 aromatic heterocycles. The number of rotatable bonds is 8. The summed E-state index contributed by atoms with van der Waals surface area (Å²) in [6.45, 7) is 3.61. The van der Waals surface area contributed by atoms with Crippen molar-refractivity contribution in [2.75, 3.05) is 46.9 Å². The molecule has 3 heterocycles. The molecule has 0 radical (unpaired) electrons. The number of carbonyl (C=O) groups is 1. The minimum Gasteiger partial charge on any atom is -0.497 e. The predicted molar refractivity (Wildman–Crippen MR) is 127 cm³/mol. The molecule has 1 unspecified atom stereocenters. The zero-order valence-corrected chi connectivity index (χ0v) is 20.3. The Balaban J connectivity index is 1.35. The number of benzene rings is 1. The van der Waals surface area contributed by atoms with Crippen LogP contribution in [0.15, 0.2) is 47.6 Å². The Morgan fingerprint density at radius 2 is 1.94 bits per heavy atom. The molecule has 2 N–H and O–H groups in total. The Morgan fingerprint density at radius 1 is 1.18 bits per heavy atom. The minimum absolute atomic E-state index is 0.142. The second-order valence-corrected chi connectivity index (χ2v) is 10.0. The molecule has 11 heteroatoms. The first-order chi connectivity index (χ1) is 16.3. The Kier molecular flexibility index (Phi) is 7.05. The molecule has 1 atom stereocenters. The number of H-pyrrole nitrogens is 1. The molecule has 1 fully saturated rings. The molecule has 10 nitrogen and oxygen atoms in total. The van der Waals surface area contributed by atoms with Crippen molar-refractivity contribution < 1.29 is 22.7 Å². The van der Waals surface area contributed by atoms with E-state index in [0.717, 1.165) is 5.56 Å². The first kappa shape index (κ1) is 24.0. The number of pyridine rings is 1. The van der Waals surface area contributed by atoms with E-state index in [-0.39, 0.29) is 23.4 Å². The molecular formula is C23H29N5O5S. The molecule has 1 aliphatic heterocycles. The van der Waals surface area contributed by atoms with Crippen molar-refractivity contribution in [1.82, 2.24) is 24.5 Å². The van der Waals surface area contributed by atoms with E-state index in [9.17, 15) is 13.2 Å². The van der Waals surface area contributed by atoms with Gasteiger partial charge in [-0.05, 0) is 37.3 Å². The van der Waals surface area contributed by atoms with Crippen molar-refractivity contribution in [2.24, 2.45) is 0 Å². The van der Waals surface area contributed by atoms with E-state index < -0.39 is 10.0 Å². The minimum atomic E-state index is -3.66. The third-order valence-corrected chi connectivity index (χ3v) is 7.95. The lowest BCUT2D eigenvalue weighted by atomic mass is 10.1. The summed E-state index contributed by atoms with van der Waals surface area (Å²) in [5.74, 6) is 1.21. The third-order valence-electron chi connectivity index (χ3n) is 6.01. The van der Waals surface area contributed by atoms with Gasteiger partial charge >= 0.3 is 0 Å². The van der Waals surface area contributed by atoms with Crippen LogP contribution in [0.3, 0.4) is 0 Å². The number of methoxy groups -OCH3 is 2. The summed E-state index contributed by atoms with van der Waals surface area (Å²) in [7, 11) is -0.487. The van der Waals surface area contributed by atoms with Gasteiger partial charge in [0, 0.05) is 49.5 Å². The second-order valence-electron chi connectivity index (χ2n) is 8.13. The number of sulfonamides is 1. The SMILES string of the molecule is COc1ccc(OC)c(C(C)NC(=O)CN2CCN(S(=O)(=O)c3c[nH]c4ncccc34)CC2)c1. The van der Waals surface area contributed by atoms with Gasteiger partial charge in [0.15, 0.2) is 0 Å². The zero-order chi connectivity index (χ0) is 24.3. The maximum Gasteiger partial charge on any atom is 0.245 e. The van der Waals surface area contributed by atoms with Gasteiger partial charge in [0.25, 0.3) is 0 Å². The first-order valence-electron chi connectivity index (χ1n) is 11.0. The summed E-state index contributed by atoms with van der Waals surface area (Å²) in [4.78, 5) is 22.0. The summed E-state index contributed by atoms with van der Waals surface area (Å²) < 4.78 is 38.5. The van der Waals surface area contributed by atoms with Gasteiger partial charge in [0.05, 0.1) is 26.8 Å². The molecule has 0 spiro atoms. The molecular weight excluding hydrogens is 458 g/mol. The quantitative estimate of drug-likeness (QED) is 0.497. The van der Waals surface area contributed by atoms with E-state index in [0.29, 0.717) is 48.7 Å². The fraction of sp³-hybridized carbons (Fsp3) is 0.391. The van der Waals surface area contributed by atoms with Crippen LogP contribution in [0, 0.1) is 0 Å². The van der Waals surface area contributed by atoms with Crippen LogP contribution < -0.4 is 14.8 Å². The van der Waals surface area contributed by atoms with Crippen LogP contribution >= 0.6 is 0 Å². The second kappa shape index (κ2) is 10.00. The number of nitrogens with zero attached hydrogens (tertiary/aromatic N) is 3. The van der Waals surface area contributed by atoms with E-state index in [1.54, 1.807) is 44.7 Å². The van der Waals surface area contributed by atoms with Crippen LogP contribution in [-0.4, -0.2) is 80.4 Å². The highest BCUT2D eigenvalue weighted by Crippen LogP contribution is 2.29. The van der Waals surface area contributed by atoms with Gasteiger partial charge in [-0.1, -0.05) is 0 Å². The third kappa shape index (κ3) is 4.86. The highest BCUT2D eigenvalue weighted by Gasteiger charge is 2.31. The van der Waals surface area contributed by atoms with Crippen molar-refractivity contribution in [1.29, 1.82) is 0 Å². The molecule has 0 aliphatic carbocycles. The van der Waals surface area contributed by atoms with E-state index >= 15 is 0 Å². The molecule has 0 saturated carbocycles. The van der Waals surface area contributed by atoms with E-state index in [2.05, 4.69) is 15.3 Å². The van der Waals surface area contributed by atoms with Gasteiger partial charge in [-0.3, -0.25) is 9.69 Å². The Hall–Kier alpha value is -3.15. The number of aromatic amines is 1. The summed E-state index contributed by atoms with van der Waals surface area (Å²) in [6.07, 6.45) is 3.10. The summed E-state index contributed by atoms with van der Waals surface area (Å²) in [5.41, 5.74) is 1.36. The topological polar surface area (TPSA) is 117 Å². The maximum absolute atomic E-state index is 13.2. The van der Waals surface area contributed by atoms with Gasteiger partial charge in [-0.2, -0.15) is 4.31 Å². The van der Waals surface area contributed by atoms with Gasteiger partial charge in [-0.15, -0.1) is 0 Å². The highest BCUT2D eigenvalue weighted by molar-refractivity contribution is 7.89. The van der Waals surface area contributed by atoms with Gasteiger partial charge in [-0.25, -0.2) is 13.4 Å². The highest BCUT2D eigenvalue weighted by atomic mass is 32.2. The molecule has 0 bridgehead atoms. The molecule has 182 valence electrons. The monoisotopic (exact) mass is 487 g/mol. The number of hydrogen-bond acceptors (Lipinski definition) is 7. The van der Waals surface area contributed by atoms with Crippen LogP contribution in [0.4, 0.5) is 0 Å². The van der Waals surface area contributed by atoms with E-state index in [1.807, 2.05) is 17.9 Å². The molecule has 4 rings (SSSR count). The number of amides is 1. The number of carbonyl (C=O) groups excluding carboxylic acids is 1. The Morgan fingerprint density at radius 3 is 2.65 bits per heavy atom. The van der Waals surface area contributed by atoms with Crippen LogP contribution in [0.25, 0.3) is 11.0 Å². The number of aromatic nitrogens is 2. The van der Waals surface area contributed by atoms with Crippen molar-refractivity contribution in [3.05, 3.63) is 48.3 Å². The Labute approximate surface area is 198 Å². The predicted octanol–water partition coefficient (Wildman–Crippen LogP) is 1.76. The number of ether oxygens (including phenoxy) is 2. The lowest BCUT2D eigenvalue weighted by molar-refractivity contribution is -0.123. The molecule has 3 aromatic rings. The van der Waals surface area contributed by atoms with Gasteiger partial charge in [0.1, 0.15) is 22.0 Å². The van der Waals surface area contributed by atoms with Crippen molar-refractivity contribution in [3.8, 4) is 11.5 Å². The molecule has 1 aliphatic rings. The summed E-state index contributed by atoms with van der Waals surface area (Å²) >= 11 is 0. The van der Waals surface area contributed by atoms with Crippen LogP contribution in [0.2, 0.25) is 0 Å². The molecule has 1 aromatic carbocycles. The molecule has 1 saturated heterocycles. The standard InChI is InChI=1S/C23H29N5O5S/c1-16(19-13-17(32-2)6-7-20(19)33-3)26-22(29)15-27-9-11-28(12-10-27)34(30,31)21-14-25-23-18(21)5-4-8-24-23/h4-8,13-14,16H,9-12,15H2,1-3H3,(H,24,25)(H,26,29). The first-order valence-corrected chi connectivity index (χ1v) is 12.4. The van der Waals surface area contributed by atoms with E-state index in [4.69, 9.17) is 9.47 Å². The summed E-state index contributed by atoms with van der Waals surface area (Å²) in [6, 6.07) is 8.62. The zero-order valence-electron chi connectivity index (χ0n) is 19.4. The smallest absolute Gasteiger partial charge is 0.245 e. The number of hydrogen-bond donors (Lipinski definition) is 2. The lowest BCUT2D eigenvalue weighted by Gasteiger charge is -2.33. The van der Waals surface area contributed by atoms with Crippen LogP contribution in [0.5, 0.6) is 11.5 Å². The normalized spacial score (nSPS) is 16.3. The van der Waals surface area contributed by atoms with E-state index in [1.165, 1.54) is 10.5 Å². The Bertz CT molecular complexity index is 1270. The summed E-state index contributed by atoms with van der Waals surface area (Å²) in [5, 5.41) is 3.57. The fourth-order valence-electron chi connectivity index (χ4n) is 4.16. The average Bonchev–Trinajstić information content (AvgIpc) is 3.29. The van der Waals surface area contributed by atoms with Gasteiger partial charge in [0.2, 0.25) is 15.9 Å². The van der Waals surface area contributed by atoms with Crippen LogP contribution in [-0.2, 0) is 14.8 Å². The maximum atomic E-state index is 13.2. The fourth-order valence-corrected chi connectivity index (χ4v) is 5.73. The van der Waals surface area contributed by atoms with Crippen molar-refractivity contribution in [2.45, 2.75) is 17.9 Å². The van der Waals surface area contributed by atoms with Gasteiger partial charge < -0.3 is 19.8 Å². The molecule has 34 heavy (non-hydrogen) atoms. The lowest BCUT2D eigenvalue weighted by Crippen LogP contribution is -2.51. The van der Waals surface area contributed by atoms with Crippen molar-refractivity contribution in [3.63, 3.8) is 0 Å². The molecule has 1 amide bonds. The van der Waals surface area contributed by atoms with Crippen molar-refractivity contribution >= 4 is 27.0 Å². The number of fused-ring (bicyclic) bond motifs is 1. The largest absolute Gasteiger partial charge is 0.497 e. The number of nitrogens with one attached hydrogen (secondary N) is 2. The number of piperazine rings is 1.